The highest BCUT2D eigenvalue weighted by molar-refractivity contribution is 7.90. The third-order valence-corrected chi connectivity index (χ3v) is 3.87. The van der Waals surface area contributed by atoms with Gasteiger partial charge in [0.1, 0.15) is 5.60 Å². The smallest absolute Gasteiger partial charge is 0.307 e. The zero-order valence-corrected chi connectivity index (χ0v) is 12.4. The van der Waals surface area contributed by atoms with Crippen LogP contribution in [0, 0.1) is 0 Å². The van der Waals surface area contributed by atoms with Gasteiger partial charge in [0.15, 0.2) is 9.84 Å². The standard InChI is InChI=1S/C14H20O4S/c1-14(2,3)18-13(15)9-10-19(16,17)11-12-7-5-4-6-8-12/h4-8H,9-11H2,1-3H3. The Balaban J connectivity index is 2.50. The molecule has 1 aromatic rings. The lowest BCUT2D eigenvalue weighted by Gasteiger charge is -2.19. The van der Waals surface area contributed by atoms with Gasteiger partial charge >= 0.3 is 5.97 Å². The summed E-state index contributed by atoms with van der Waals surface area (Å²) in [5, 5.41) is 0. The van der Waals surface area contributed by atoms with Crippen molar-refractivity contribution in [1.82, 2.24) is 0 Å². The molecule has 1 aromatic carbocycles. The van der Waals surface area contributed by atoms with Gasteiger partial charge < -0.3 is 4.74 Å². The van der Waals surface area contributed by atoms with Crippen LogP contribution in [0.25, 0.3) is 0 Å². The number of esters is 1. The molecule has 0 aliphatic heterocycles. The van der Waals surface area contributed by atoms with Crippen molar-refractivity contribution in [2.45, 2.75) is 38.5 Å². The van der Waals surface area contributed by atoms with Crippen LogP contribution in [0.15, 0.2) is 30.3 Å². The first-order chi connectivity index (χ1) is 8.68. The van der Waals surface area contributed by atoms with Crippen molar-refractivity contribution in [2.24, 2.45) is 0 Å². The van der Waals surface area contributed by atoms with E-state index in [4.69, 9.17) is 4.74 Å². The number of carbonyl (C=O) groups excluding carboxylic acids is 1. The summed E-state index contributed by atoms with van der Waals surface area (Å²) in [7, 11) is -3.29. The van der Waals surface area contributed by atoms with E-state index in [2.05, 4.69) is 0 Å². The van der Waals surface area contributed by atoms with E-state index in [1.165, 1.54) is 0 Å². The molecule has 0 aromatic heterocycles. The summed E-state index contributed by atoms with van der Waals surface area (Å²) >= 11 is 0. The molecule has 0 amide bonds. The Hall–Kier alpha value is -1.36. The van der Waals surface area contributed by atoms with Crippen molar-refractivity contribution in [2.75, 3.05) is 5.75 Å². The minimum atomic E-state index is -3.29. The van der Waals surface area contributed by atoms with Crippen molar-refractivity contribution in [3.05, 3.63) is 35.9 Å². The lowest BCUT2D eigenvalue weighted by atomic mass is 10.2. The zero-order chi connectivity index (χ0) is 14.5. The highest BCUT2D eigenvalue weighted by atomic mass is 32.2. The van der Waals surface area contributed by atoms with Gasteiger partial charge in [-0.25, -0.2) is 8.42 Å². The Morgan fingerprint density at radius 3 is 2.26 bits per heavy atom. The molecule has 0 radical (unpaired) electrons. The number of sulfone groups is 1. The lowest BCUT2D eigenvalue weighted by molar-refractivity contribution is -0.154. The number of benzene rings is 1. The SMILES string of the molecule is CC(C)(C)OC(=O)CCS(=O)(=O)Cc1ccccc1. The summed E-state index contributed by atoms with van der Waals surface area (Å²) in [5.74, 6) is -0.711. The number of hydrogen-bond donors (Lipinski definition) is 0. The normalized spacial score (nSPS) is 12.2. The Bertz CT molecular complexity index is 512. The first-order valence-corrected chi connectivity index (χ1v) is 7.96. The molecule has 0 aliphatic carbocycles. The molecule has 0 heterocycles. The molecule has 0 bridgehead atoms. The number of hydrogen-bond acceptors (Lipinski definition) is 4. The van der Waals surface area contributed by atoms with Crippen molar-refractivity contribution in [1.29, 1.82) is 0 Å². The third kappa shape index (κ3) is 6.96. The molecule has 0 atom stereocenters. The zero-order valence-electron chi connectivity index (χ0n) is 11.5. The Morgan fingerprint density at radius 1 is 1.16 bits per heavy atom. The predicted octanol–water partition coefficient (Wildman–Crippen LogP) is 2.33. The second-order valence-corrected chi connectivity index (χ2v) is 7.60. The van der Waals surface area contributed by atoms with Gasteiger partial charge in [-0.3, -0.25) is 4.79 Å². The quantitative estimate of drug-likeness (QED) is 0.779. The minimum absolute atomic E-state index is 0.0450. The van der Waals surface area contributed by atoms with Crippen LogP contribution in [0.3, 0.4) is 0 Å². The number of ether oxygens (including phenoxy) is 1. The predicted molar refractivity (Wildman–Crippen MR) is 74.4 cm³/mol. The molecule has 19 heavy (non-hydrogen) atoms. The number of rotatable bonds is 5. The van der Waals surface area contributed by atoms with Gasteiger partial charge in [-0.05, 0) is 26.3 Å². The molecule has 0 spiro atoms. The molecule has 1 rings (SSSR count). The molecular formula is C14H20O4S. The molecule has 0 saturated carbocycles. The fraction of sp³-hybridized carbons (Fsp3) is 0.500. The van der Waals surface area contributed by atoms with Crippen LogP contribution in [0.5, 0.6) is 0 Å². The van der Waals surface area contributed by atoms with Crippen LogP contribution >= 0.6 is 0 Å². The van der Waals surface area contributed by atoms with Crippen LogP contribution in [0.4, 0.5) is 0 Å². The topological polar surface area (TPSA) is 60.4 Å². The van der Waals surface area contributed by atoms with Gasteiger partial charge in [-0.15, -0.1) is 0 Å². The molecule has 0 fully saturated rings. The molecule has 0 unspecified atom stereocenters. The summed E-state index contributed by atoms with van der Waals surface area (Å²) < 4.78 is 28.8. The monoisotopic (exact) mass is 284 g/mol. The largest absolute Gasteiger partial charge is 0.460 e. The summed E-state index contributed by atoms with van der Waals surface area (Å²) in [4.78, 5) is 11.5. The summed E-state index contributed by atoms with van der Waals surface area (Å²) in [6.45, 7) is 5.26. The molecule has 4 nitrogen and oxygen atoms in total. The van der Waals surface area contributed by atoms with E-state index in [1.54, 1.807) is 45.0 Å². The molecule has 0 saturated heterocycles. The van der Waals surface area contributed by atoms with Crippen molar-refractivity contribution >= 4 is 15.8 Å². The van der Waals surface area contributed by atoms with Crippen LogP contribution in [-0.4, -0.2) is 25.7 Å². The Labute approximate surface area is 114 Å². The van der Waals surface area contributed by atoms with Gasteiger partial charge in [0.25, 0.3) is 0 Å². The van der Waals surface area contributed by atoms with Crippen LogP contribution in [0.1, 0.15) is 32.8 Å². The fourth-order valence-electron chi connectivity index (χ4n) is 1.53. The van der Waals surface area contributed by atoms with Gasteiger partial charge in [0.05, 0.1) is 17.9 Å². The van der Waals surface area contributed by atoms with E-state index in [0.717, 1.165) is 5.56 Å². The van der Waals surface area contributed by atoms with E-state index in [-0.39, 0.29) is 17.9 Å². The van der Waals surface area contributed by atoms with Crippen LogP contribution in [-0.2, 0) is 25.1 Å². The van der Waals surface area contributed by atoms with Crippen LogP contribution < -0.4 is 0 Å². The van der Waals surface area contributed by atoms with Crippen LogP contribution in [0.2, 0.25) is 0 Å². The van der Waals surface area contributed by atoms with Crippen molar-refractivity contribution in [3.8, 4) is 0 Å². The second-order valence-electron chi connectivity index (χ2n) is 5.41. The Morgan fingerprint density at radius 2 is 1.74 bits per heavy atom. The summed E-state index contributed by atoms with van der Waals surface area (Å²) in [5.41, 5.74) is 0.145. The average molecular weight is 284 g/mol. The van der Waals surface area contributed by atoms with E-state index >= 15 is 0 Å². The van der Waals surface area contributed by atoms with E-state index < -0.39 is 21.4 Å². The van der Waals surface area contributed by atoms with E-state index in [9.17, 15) is 13.2 Å². The molecule has 0 N–H and O–H groups in total. The van der Waals surface area contributed by atoms with Gasteiger partial charge in [0.2, 0.25) is 0 Å². The van der Waals surface area contributed by atoms with E-state index in [0.29, 0.717) is 0 Å². The summed E-state index contributed by atoms with van der Waals surface area (Å²) in [6, 6.07) is 8.92. The van der Waals surface area contributed by atoms with Gasteiger partial charge in [-0.1, -0.05) is 30.3 Å². The minimum Gasteiger partial charge on any atom is -0.460 e. The molecule has 5 heteroatoms. The first kappa shape index (κ1) is 15.7. The fourth-order valence-corrected chi connectivity index (χ4v) is 2.85. The van der Waals surface area contributed by atoms with E-state index in [1.807, 2.05) is 6.07 Å². The third-order valence-electron chi connectivity index (χ3n) is 2.27. The Kier molecular flexibility index (Phi) is 5.11. The second kappa shape index (κ2) is 6.19. The summed E-state index contributed by atoms with van der Waals surface area (Å²) in [6.07, 6.45) is -0.105. The maximum absolute atomic E-state index is 11.9. The highest BCUT2D eigenvalue weighted by Gasteiger charge is 2.19. The molecule has 0 aliphatic rings. The maximum Gasteiger partial charge on any atom is 0.307 e. The average Bonchev–Trinajstić information content (AvgIpc) is 2.25. The van der Waals surface area contributed by atoms with Gasteiger partial charge in [-0.2, -0.15) is 0 Å². The lowest BCUT2D eigenvalue weighted by Crippen LogP contribution is -2.25. The van der Waals surface area contributed by atoms with Crippen molar-refractivity contribution in [3.63, 3.8) is 0 Å². The molecular weight excluding hydrogens is 264 g/mol. The molecule has 106 valence electrons. The highest BCUT2D eigenvalue weighted by Crippen LogP contribution is 2.11. The number of carbonyl (C=O) groups is 1. The first-order valence-electron chi connectivity index (χ1n) is 6.14. The van der Waals surface area contributed by atoms with Crippen molar-refractivity contribution < 1.29 is 17.9 Å². The van der Waals surface area contributed by atoms with Gasteiger partial charge in [0, 0.05) is 0 Å². The maximum atomic E-state index is 11.9.